The van der Waals surface area contributed by atoms with Crippen LogP contribution in [0.15, 0.2) is 48.7 Å². The van der Waals surface area contributed by atoms with Gasteiger partial charge < -0.3 is 24.3 Å². The lowest BCUT2D eigenvalue weighted by molar-refractivity contribution is -0.384. The highest BCUT2D eigenvalue weighted by Gasteiger charge is 2.25. The third-order valence-corrected chi connectivity index (χ3v) is 7.13. The van der Waals surface area contributed by atoms with E-state index in [9.17, 15) is 10.1 Å². The first kappa shape index (κ1) is 24.1. The second kappa shape index (κ2) is 9.92. The van der Waals surface area contributed by atoms with E-state index in [0.29, 0.717) is 42.8 Å². The van der Waals surface area contributed by atoms with Gasteiger partial charge in [0.05, 0.1) is 42.3 Å². The minimum absolute atomic E-state index is 0.0117. The number of anilines is 3. The van der Waals surface area contributed by atoms with Gasteiger partial charge in [-0.2, -0.15) is 0 Å². The number of rotatable bonds is 9. The zero-order valence-electron chi connectivity index (χ0n) is 21.4. The lowest BCUT2D eigenvalue weighted by Crippen LogP contribution is -2.25. The predicted octanol–water partition coefficient (Wildman–Crippen LogP) is 4.04. The summed E-state index contributed by atoms with van der Waals surface area (Å²) < 4.78 is 13.7. The van der Waals surface area contributed by atoms with Gasteiger partial charge >= 0.3 is 0 Å². The molecule has 196 valence electrons. The second-order valence-corrected chi connectivity index (χ2v) is 9.50. The number of hydrogen-bond donors (Lipinski definition) is 1. The van der Waals surface area contributed by atoms with Gasteiger partial charge in [-0.3, -0.25) is 15.0 Å². The summed E-state index contributed by atoms with van der Waals surface area (Å²) in [6.07, 6.45) is 1.68. The van der Waals surface area contributed by atoms with E-state index in [0.717, 1.165) is 54.0 Å². The number of nitrogens with one attached hydrogen (secondary N) is 1. The Hall–Kier alpha value is -4.22. The Kier molecular flexibility index (Phi) is 6.30. The second-order valence-electron chi connectivity index (χ2n) is 9.50. The number of aromatic nitrogens is 3. The van der Waals surface area contributed by atoms with E-state index in [2.05, 4.69) is 31.9 Å². The summed E-state index contributed by atoms with van der Waals surface area (Å²) in [5, 5.41) is 16.3. The van der Waals surface area contributed by atoms with Crippen molar-refractivity contribution in [2.24, 2.45) is 0 Å². The largest absolute Gasteiger partial charge is 0.494 e. The van der Waals surface area contributed by atoms with Gasteiger partial charge in [-0.1, -0.05) is 18.2 Å². The molecule has 0 aliphatic carbocycles. The molecule has 4 aromatic rings. The Morgan fingerprint density at radius 3 is 2.84 bits per heavy atom. The molecule has 0 amide bonds. The topological polar surface area (TPSA) is 111 Å². The first-order valence-corrected chi connectivity index (χ1v) is 12.6. The number of methoxy groups -OCH3 is 1. The number of benzene rings is 2. The van der Waals surface area contributed by atoms with Crippen molar-refractivity contribution in [2.75, 3.05) is 57.2 Å². The summed E-state index contributed by atoms with van der Waals surface area (Å²) in [7, 11) is 3.40. The molecule has 6 rings (SSSR count). The monoisotopic (exact) mass is 515 g/mol. The quantitative estimate of drug-likeness (QED) is 0.201. The third kappa shape index (κ3) is 4.50. The summed E-state index contributed by atoms with van der Waals surface area (Å²) in [6.45, 7) is 5.66. The molecule has 11 nitrogen and oxygen atoms in total. The van der Waals surface area contributed by atoms with Gasteiger partial charge in [0.2, 0.25) is 5.95 Å². The lowest BCUT2D eigenvalue weighted by atomic mass is 10.1. The van der Waals surface area contributed by atoms with Crippen LogP contribution in [0.2, 0.25) is 0 Å². The van der Waals surface area contributed by atoms with Crippen LogP contribution in [0.4, 0.5) is 23.0 Å². The maximum absolute atomic E-state index is 12.0. The van der Waals surface area contributed by atoms with E-state index in [4.69, 9.17) is 14.5 Å². The number of nitrogens with zero attached hydrogens (tertiary/aromatic N) is 6. The number of nitro benzene ring substituents is 1. The molecule has 38 heavy (non-hydrogen) atoms. The molecule has 0 atom stereocenters. The Morgan fingerprint density at radius 1 is 1.21 bits per heavy atom. The van der Waals surface area contributed by atoms with E-state index >= 15 is 0 Å². The molecule has 1 fully saturated rings. The van der Waals surface area contributed by atoms with Crippen molar-refractivity contribution in [3.05, 3.63) is 64.5 Å². The lowest BCUT2D eigenvalue weighted by Gasteiger charge is -2.21. The minimum Gasteiger partial charge on any atom is -0.494 e. The van der Waals surface area contributed by atoms with Crippen molar-refractivity contribution in [1.82, 2.24) is 19.4 Å². The molecule has 2 aromatic carbocycles. The van der Waals surface area contributed by atoms with Crippen LogP contribution in [-0.2, 0) is 17.9 Å². The summed E-state index contributed by atoms with van der Waals surface area (Å²) >= 11 is 0. The average molecular weight is 516 g/mol. The van der Waals surface area contributed by atoms with Gasteiger partial charge in [-0.05, 0) is 12.1 Å². The number of nitro groups is 1. The third-order valence-electron chi connectivity index (χ3n) is 7.13. The highest BCUT2D eigenvalue weighted by molar-refractivity contribution is 5.97. The molecule has 11 heteroatoms. The summed E-state index contributed by atoms with van der Waals surface area (Å²) in [5.41, 5.74) is 4.88. The summed E-state index contributed by atoms with van der Waals surface area (Å²) in [4.78, 5) is 25.0. The average Bonchev–Trinajstić information content (AvgIpc) is 3.71. The van der Waals surface area contributed by atoms with Crippen molar-refractivity contribution in [3.8, 4) is 17.0 Å². The Bertz CT molecular complexity index is 1520. The molecular formula is C27H29N7O4. The molecule has 0 unspecified atom stereocenters. The molecule has 0 bridgehead atoms. The van der Waals surface area contributed by atoms with Crippen molar-refractivity contribution in [3.63, 3.8) is 0 Å². The van der Waals surface area contributed by atoms with Gasteiger partial charge in [0, 0.05) is 74.6 Å². The van der Waals surface area contributed by atoms with E-state index in [1.807, 2.05) is 30.1 Å². The normalized spacial score (nSPS) is 14.8. The van der Waals surface area contributed by atoms with Crippen LogP contribution in [-0.4, -0.2) is 71.3 Å². The smallest absolute Gasteiger partial charge is 0.294 e. The van der Waals surface area contributed by atoms with Crippen molar-refractivity contribution >= 4 is 33.9 Å². The van der Waals surface area contributed by atoms with Gasteiger partial charge in [-0.15, -0.1) is 0 Å². The molecule has 1 N–H and O–H groups in total. The Balaban J connectivity index is 1.36. The van der Waals surface area contributed by atoms with Crippen LogP contribution < -0.4 is 15.0 Å². The number of hydrogen-bond acceptors (Lipinski definition) is 9. The Labute approximate surface area is 219 Å². The molecule has 0 saturated carbocycles. The number of para-hydroxylation sites is 1. The van der Waals surface area contributed by atoms with Gasteiger partial charge in [0.25, 0.3) is 5.69 Å². The van der Waals surface area contributed by atoms with Gasteiger partial charge in [-0.25, -0.2) is 9.97 Å². The van der Waals surface area contributed by atoms with Gasteiger partial charge in [0.1, 0.15) is 11.4 Å². The van der Waals surface area contributed by atoms with Crippen molar-refractivity contribution in [2.45, 2.75) is 13.2 Å². The zero-order valence-corrected chi connectivity index (χ0v) is 21.4. The minimum atomic E-state index is -0.370. The number of fused-ring (bicyclic) bond motifs is 3. The summed E-state index contributed by atoms with van der Waals surface area (Å²) in [6, 6.07) is 13.3. The molecular weight excluding hydrogens is 486 g/mol. The summed E-state index contributed by atoms with van der Waals surface area (Å²) in [5.74, 6) is 0.789. The van der Waals surface area contributed by atoms with Crippen LogP contribution in [0.25, 0.3) is 22.2 Å². The molecule has 1 saturated heterocycles. The fourth-order valence-electron chi connectivity index (χ4n) is 5.03. The molecule has 2 aromatic heterocycles. The zero-order chi connectivity index (χ0) is 26.2. The fraction of sp³-hybridized carbons (Fsp3) is 0.333. The van der Waals surface area contributed by atoms with Crippen LogP contribution >= 0.6 is 0 Å². The molecule has 4 heterocycles. The molecule has 0 radical (unpaired) electrons. The highest BCUT2D eigenvalue weighted by Crippen LogP contribution is 2.40. The van der Waals surface area contributed by atoms with E-state index < -0.39 is 0 Å². The van der Waals surface area contributed by atoms with Crippen molar-refractivity contribution in [1.29, 1.82) is 0 Å². The standard InChI is InChI=1S/C27H29N7O4/c1-31(9-10-32-11-12-32)22-16-25(37-2)20(15-23(22)34(35)36)30-27-28-8-7-19(29-27)26-18-5-3-4-6-21(18)33-13-14-38-17-24(26)33/h3-8,15-16H,9-14,17H2,1-2H3,(H,28,29,30). The molecule has 2 aliphatic heterocycles. The van der Waals surface area contributed by atoms with Crippen LogP contribution in [0.3, 0.4) is 0 Å². The highest BCUT2D eigenvalue weighted by atomic mass is 16.6. The predicted molar refractivity (Wildman–Crippen MR) is 145 cm³/mol. The first-order chi connectivity index (χ1) is 18.5. The number of likely N-dealkylation sites (N-methyl/N-ethyl adjacent to an activating group) is 1. The first-order valence-electron chi connectivity index (χ1n) is 12.6. The maximum atomic E-state index is 12.0. The molecule has 0 spiro atoms. The van der Waals surface area contributed by atoms with Crippen molar-refractivity contribution < 1.29 is 14.4 Å². The van der Waals surface area contributed by atoms with Crippen LogP contribution in [0.5, 0.6) is 5.75 Å². The van der Waals surface area contributed by atoms with Crippen LogP contribution in [0, 0.1) is 10.1 Å². The number of ether oxygens (including phenoxy) is 2. The van der Waals surface area contributed by atoms with E-state index in [1.54, 1.807) is 19.4 Å². The fourth-order valence-corrected chi connectivity index (χ4v) is 5.03. The molecule has 2 aliphatic rings. The van der Waals surface area contributed by atoms with E-state index in [-0.39, 0.29) is 10.6 Å². The Morgan fingerprint density at radius 2 is 2.05 bits per heavy atom. The van der Waals surface area contributed by atoms with Gasteiger partial charge in [0.15, 0.2) is 0 Å². The maximum Gasteiger partial charge on any atom is 0.294 e. The van der Waals surface area contributed by atoms with Crippen LogP contribution in [0.1, 0.15) is 5.69 Å². The SMILES string of the molecule is COc1cc(N(C)CCN2CC2)c([N+](=O)[O-])cc1Nc1nccc(-c2c3n(c4ccccc24)CCOC3)n1. The van der Waals surface area contributed by atoms with E-state index in [1.165, 1.54) is 6.07 Å².